The molecule has 1 unspecified atom stereocenters. The normalized spacial score (nSPS) is 32.4. The quantitative estimate of drug-likeness (QED) is 0.648. The largest absolute Gasteiger partial charge is 0.459 e. The lowest BCUT2D eigenvalue weighted by molar-refractivity contribution is -0.221. The first kappa shape index (κ1) is 20.3. The van der Waals surface area contributed by atoms with Crippen molar-refractivity contribution in [3.05, 3.63) is 35.9 Å². The third kappa shape index (κ3) is 4.19. The van der Waals surface area contributed by atoms with Gasteiger partial charge in [0, 0.05) is 0 Å². The Kier molecular flexibility index (Phi) is 6.21. The maximum Gasteiger partial charge on any atom is 0.338 e. The zero-order valence-corrected chi connectivity index (χ0v) is 16.7. The maximum absolute atomic E-state index is 12.9. The second kappa shape index (κ2) is 8.27. The van der Waals surface area contributed by atoms with Gasteiger partial charge in [-0.05, 0) is 40.2 Å². The van der Waals surface area contributed by atoms with Crippen LogP contribution in [0.4, 0.5) is 0 Å². The molecule has 0 aliphatic carbocycles. The fourth-order valence-electron chi connectivity index (χ4n) is 3.70. The molecule has 0 radical (unpaired) electrons. The Morgan fingerprint density at radius 2 is 1.85 bits per heavy atom. The molecule has 2 heterocycles. The number of esters is 1. The van der Waals surface area contributed by atoms with Gasteiger partial charge >= 0.3 is 5.97 Å². The predicted octanol–water partition coefficient (Wildman–Crippen LogP) is 2.87. The molecule has 0 amide bonds. The fraction of sp³-hybridized carbons (Fsp3) is 0.667. The van der Waals surface area contributed by atoms with Crippen LogP contribution in [0, 0.1) is 0 Å². The van der Waals surface area contributed by atoms with Crippen molar-refractivity contribution >= 4 is 5.97 Å². The predicted molar refractivity (Wildman–Crippen MR) is 99.3 cm³/mol. The van der Waals surface area contributed by atoms with E-state index in [1.54, 1.807) is 0 Å². The highest BCUT2D eigenvalue weighted by Crippen LogP contribution is 2.47. The van der Waals surface area contributed by atoms with E-state index in [1.165, 1.54) is 0 Å². The lowest BCUT2D eigenvalue weighted by Gasteiger charge is -2.36. The highest BCUT2D eigenvalue weighted by Gasteiger charge is 2.69. The molecule has 2 aliphatic rings. The summed E-state index contributed by atoms with van der Waals surface area (Å²) >= 11 is 0. The minimum absolute atomic E-state index is 0.00128. The number of fused-ring (bicyclic) bond motifs is 2. The molecule has 0 spiro atoms. The molecule has 2 aliphatic heterocycles. The van der Waals surface area contributed by atoms with Gasteiger partial charge in [0.25, 0.3) is 0 Å². The molecule has 1 aromatic rings. The highest BCUT2D eigenvalue weighted by molar-refractivity contribution is 5.77. The number of ether oxygens (including phenoxy) is 5. The van der Waals surface area contributed by atoms with Crippen LogP contribution in [-0.2, 0) is 35.1 Å². The molecule has 5 atom stereocenters. The van der Waals surface area contributed by atoms with E-state index in [2.05, 4.69) is 0 Å². The SMILES string of the molecule is CC(C)OC[C@]12O[C@@H](C)[C@H](OC1C(=O)OCc1ccccc1)[C@@H]2OC(C)C. The van der Waals surface area contributed by atoms with Gasteiger partial charge in [0.2, 0.25) is 0 Å². The minimum Gasteiger partial charge on any atom is -0.459 e. The van der Waals surface area contributed by atoms with Crippen LogP contribution >= 0.6 is 0 Å². The third-order valence-electron chi connectivity index (χ3n) is 4.88. The van der Waals surface area contributed by atoms with Crippen LogP contribution in [0.2, 0.25) is 0 Å². The van der Waals surface area contributed by atoms with Crippen molar-refractivity contribution < 1.29 is 28.5 Å². The minimum atomic E-state index is -0.994. The highest BCUT2D eigenvalue weighted by atomic mass is 16.7. The fourth-order valence-corrected chi connectivity index (χ4v) is 3.70. The van der Waals surface area contributed by atoms with Crippen molar-refractivity contribution in [1.29, 1.82) is 0 Å². The monoisotopic (exact) mass is 378 g/mol. The van der Waals surface area contributed by atoms with Crippen molar-refractivity contribution in [3.63, 3.8) is 0 Å². The zero-order valence-electron chi connectivity index (χ0n) is 16.7. The first-order valence-corrected chi connectivity index (χ1v) is 9.64. The number of rotatable bonds is 8. The molecule has 0 saturated carbocycles. The molecule has 6 heteroatoms. The topological polar surface area (TPSA) is 63.2 Å². The van der Waals surface area contributed by atoms with Crippen LogP contribution in [0.25, 0.3) is 0 Å². The van der Waals surface area contributed by atoms with Gasteiger partial charge < -0.3 is 23.7 Å². The summed E-state index contributed by atoms with van der Waals surface area (Å²) in [6, 6.07) is 9.57. The molecule has 2 bridgehead atoms. The Bertz CT molecular complexity index is 631. The van der Waals surface area contributed by atoms with Crippen molar-refractivity contribution in [1.82, 2.24) is 0 Å². The Labute approximate surface area is 161 Å². The van der Waals surface area contributed by atoms with Crippen LogP contribution < -0.4 is 0 Å². The Hall–Kier alpha value is -1.47. The van der Waals surface area contributed by atoms with Crippen molar-refractivity contribution in [2.45, 2.75) is 83.5 Å². The summed E-state index contributed by atoms with van der Waals surface area (Å²) in [5.41, 5.74) is -0.0717. The molecule has 3 rings (SSSR count). The van der Waals surface area contributed by atoms with E-state index in [0.29, 0.717) is 0 Å². The van der Waals surface area contributed by atoms with E-state index < -0.39 is 17.7 Å². The number of carbonyl (C=O) groups is 1. The number of hydrogen-bond acceptors (Lipinski definition) is 6. The molecular weight excluding hydrogens is 348 g/mol. The van der Waals surface area contributed by atoms with Crippen molar-refractivity contribution in [2.75, 3.05) is 6.61 Å². The van der Waals surface area contributed by atoms with E-state index >= 15 is 0 Å². The number of hydrogen-bond donors (Lipinski definition) is 0. The average molecular weight is 378 g/mol. The summed E-state index contributed by atoms with van der Waals surface area (Å²) in [5.74, 6) is -0.446. The van der Waals surface area contributed by atoms with E-state index in [4.69, 9.17) is 23.7 Å². The lowest BCUT2D eigenvalue weighted by Crippen LogP contribution is -2.56. The van der Waals surface area contributed by atoms with Gasteiger partial charge in [-0.1, -0.05) is 30.3 Å². The van der Waals surface area contributed by atoms with E-state index in [9.17, 15) is 4.79 Å². The van der Waals surface area contributed by atoms with E-state index in [-0.39, 0.29) is 43.7 Å². The Balaban J connectivity index is 1.77. The summed E-state index contributed by atoms with van der Waals surface area (Å²) < 4.78 is 29.8. The van der Waals surface area contributed by atoms with Gasteiger partial charge in [-0.15, -0.1) is 0 Å². The smallest absolute Gasteiger partial charge is 0.338 e. The van der Waals surface area contributed by atoms with Crippen molar-refractivity contribution in [3.8, 4) is 0 Å². The number of carbonyl (C=O) groups excluding carboxylic acids is 1. The standard InChI is InChI=1S/C21H30O6/c1-13(2)24-12-21-18(25-14(3)4)17(15(5)27-21)26-19(21)20(22)23-11-16-9-7-6-8-10-16/h6-10,13-15,17-19H,11-12H2,1-5H3/t15-,17-,18-,19?,21+/m0/s1. The van der Waals surface area contributed by atoms with Gasteiger partial charge in [-0.3, -0.25) is 0 Å². The van der Waals surface area contributed by atoms with Gasteiger partial charge in [-0.2, -0.15) is 0 Å². The maximum atomic E-state index is 12.9. The van der Waals surface area contributed by atoms with Crippen LogP contribution in [0.1, 0.15) is 40.2 Å². The van der Waals surface area contributed by atoms with Gasteiger partial charge in [0.1, 0.15) is 18.8 Å². The first-order chi connectivity index (χ1) is 12.8. The molecular formula is C21H30O6. The molecule has 2 saturated heterocycles. The summed E-state index contributed by atoms with van der Waals surface area (Å²) in [5, 5.41) is 0. The van der Waals surface area contributed by atoms with Crippen LogP contribution in [-0.4, -0.2) is 54.8 Å². The average Bonchev–Trinajstić information content (AvgIpc) is 3.06. The Morgan fingerprint density at radius 1 is 1.15 bits per heavy atom. The van der Waals surface area contributed by atoms with E-state index in [0.717, 1.165) is 5.56 Å². The summed E-state index contributed by atoms with van der Waals surface area (Å²) in [4.78, 5) is 12.9. The summed E-state index contributed by atoms with van der Waals surface area (Å²) in [7, 11) is 0. The van der Waals surface area contributed by atoms with E-state index in [1.807, 2.05) is 65.0 Å². The van der Waals surface area contributed by atoms with Gasteiger partial charge in [0.05, 0.1) is 24.9 Å². The molecule has 150 valence electrons. The molecule has 0 aromatic heterocycles. The molecule has 0 N–H and O–H groups in total. The second-order valence-electron chi connectivity index (χ2n) is 7.82. The second-order valence-corrected chi connectivity index (χ2v) is 7.82. The lowest BCUT2D eigenvalue weighted by atomic mass is 9.92. The van der Waals surface area contributed by atoms with Crippen LogP contribution in [0.3, 0.4) is 0 Å². The van der Waals surface area contributed by atoms with Crippen molar-refractivity contribution in [2.24, 2.45) is 0 Å². The zero-order chi connectivity index (χ0) is 19.6. The molecule has 6 nitrogen and oxygen atoms in total. The third-order valence-corrected chi connectivity index (χ3v) is 4.88. The van der Waals surface area contributed by atoms with Crippen LogP contribution in [0.5, 0.6) is 0 Å². The molecule has 2 fully saturated rings. The van der Waals surface area contributed by atoms with Gasteiger partial charge in [-0.25, -0.2) is 4.79 Å². The number of benzene rings is 1. The summed E-state index contributed by atoms with van der Waals surface area (Å²) in [6.07, 6.45) is -1.77. The van der Waals surface area contributed by atoms with Gasteiger partial charge in [0.15, 0.2) is 11.7 Å². The summed E-state index contributed by atoms with van der Waals surface area (Å²) in [6.45, 7) is 10.2. The molecule has 1 aromatic carbocycles. The molecule has 27 heavy (non-hydrogen) atoms. The van der Waals surface area contributed by atoms with Crippen LogP contribution in [0.15, 0.2) is 30.3 Å². The first-order valence-electron chi connectivity index (χ1n) is 9.64. The Morgan fingerprint density at radius 3 is 2.48 bits per heavy atom.